The molecule has 7 atom stereocenters. The van der Waals surface area contributed by atoms with Crippen molar-refractivity contribution in [1.29, 1.82) is 0 Å². The summed E-state index contributed by atoms with van der Waals surface area (Å²) in [6, 6.07) is 7.07. The van der Waals surface area contributed by atoms with Crippen molar-refractivity contribution in [2.45, 2.75) is 37.6 Å². The SMILES string of the molecule is O=C(Nc1ccc(Cl)cc1)O[C@H]1C[C@@H]2C[C@@H]1[C@H]1C[C@H]3O[C@@H]3[C@H]21. The number of benzene rings is 1. The van der Waals surface area contributed by atoms with Crippen LogP contribution in [-0.4, -0.2) is 24.4 Å². The molecule has 3 aliphatic carbocycles. The lowest BCUT2D eigenvalue weighted by Gasteiger charge is -2.32. The fourth-order valence-corrected chi connectivity index (χ4v) is 5.35. The van der Waals surface area contributed by atoms with Crippen molar-refractivity contribution >= 4 is 23.4 Å². The zero-order valence-electron chi connectivity index (χ0n) is 12.1. The molecule has 5 rings (SSSR count). The minimum Gasteiger partial charge on any atom is -0.446 e. The molecule has 0 radical (unpaired) electrons. The number of fused-ring (bicyclic) bond motifs is 7. The van der Waals surface area contributed by atoms with Crippen molar-refractivity contribution in [1.82, 2.24) is 0 Å². The van der Waals surface area contributed by atoms with Crippen molar-refractivity contribution in [2.24, 2.45) is 23.7 Å². The van der Waals surface area contributed by atoms with Crippen LogP contribution in [0.5, 0.6) is 0 Å². The zero-order valence-corrected chi connectivity index (χ0v) is 12.8. The first-order valence-electron chi connectivity index (χ1n) is 8.08. The Labute approximate surface area is 134 Å². The highest BCUT2D eigenvalue weighted by atomic mass is 35.5. The van der Waals surface area contributed by atoms with E-state index in [1.54, 1.807) is 24.3 Å². The van der Waals surface area contributed by atoms with E-state index in [1.807, 2.05) is 0 Å². The van der Waals surface area contributed by atoms with Gasteiger partial charge in [-0.05, 0) is 67.2 Å². The fourth-order valence-electron chi connectivity index (χ4n) is 5.22. The maximum Gasteiger partial charge on any atom is 0.411 e. The average Bonchev–Trinajstić information content (AvgIpc) is 2.84. The molecule has 1 N–H and O–H groups in total. The van der Waals surface area contributed by atoms with Crippen LogP contribution >= 0.6 is 11.6 Å². The Hall–Kier alpha value is -1.26. The molecule has 4 fully saturated rings. The first-order chi connectivity index (χ1) is 10.7. The molecule has 1 aliphatic heterocycles. The summed E-state index contributed by atoms with van der Waals surface area (Å²) >= 11 is 5.84. The van der Waals surface area contributed by atoms with Crippen LogP contribution in [-0.2, 0) is 9.47 Å². The third-order valence-electron chi connectivity index (χ3n) is 6.03. The lowest BCUT2D eigenvalue weighted by Crippen LogP contribution is -2.35. The topological polar surface area (TPSA) is 50.9 Å². The largest absolute Gasteiger partial charge is 0.446 e. The van der Waals surface area contributed by atoms with Gasteiger partial charge in [0.25, 0.3) is 0 Å². The monoisotopic (exact) mass is 319 g/mol. The van der Waals surface area contributed by atoms with E-state index in [2.05, 4.69) is 5.32 Å². The summed E-state index contributed by atoms with van der Waals surface area (Å²) in [7, 11) is 0. The van der Waals surface area contributed by atoms with Gasteiger partial charge in [-0.25, -0.2) is 4.79 Å². The molecule has 3 saturated carbocycles. The molecule has 2 bridgehead atoms. The molecular formula is C17H18ClNO3. The van der Waals surface area contributed by atoms with E-state index < -0.39 is 0 Å². The van der Waals surface area contributed by atoms with Crippen LogP contribution in [0.2, 0.25) is 5.02 Å². The third kappa shape index (κ3) is 1.97. The van der Waals surface area contributed by atoms with E-state index in [0.29, 0.717) is 34.8 Å². The van der Waals surface area contributed by atoms with Gasteiger partial charge < -0.3 is 9.47 Å². The van der Waals surface area contributed by atoms with Gasteiger partial charge in [0.15, 0.2) is 0 Å². The second-order valence-electron chi connectivity index (χ2n) is 7.09. The fraction of sp³-hybridized carbons (Fsp3) is 0.588. The van der Waals surface area contributed by atoms with E-state index >= 15 is 0 Å². The Bertz CT molecular complexity index is 619. The number of amides is 1. The zero-order chi connectivity index (χ0) is 14.8. The average molecular weight is 320 g/mol. The minimum atomic E-state index is -0.351. The lowest BCUT2D eigenvalue weighted by molar-refractivity contribution is 0.0251. The summed E-state index contributed by atoms with van der Waals surface area (Å²) in [5, 5.41) is 3.44. The van der Waals surface area contributed by atoms with E-state index in [1.165, 1.54) is 12.8 Å². The van der Waals surface area contributed by atoms with Gasteiger partial charge in [-0.1, -0.05) is 11.6 Å². The number of nitrogens with one attached hydrogen (secondary N) is 1. The van der Waals surface area contributed by atoms with Crippen LogP contribution in [0.4, 0.5) is 10.5 Å². The summed E-state index contributed by atoms with van der Waals surface area (Å²) in [6.45, 7) is 0. The van der Waals surface area contributed by atoms with E-state index in [4.69, 9.17) is 21.1 Å². The Morgan fingerprint density at radius 1 is 1.18 bits per heavy atom. The Morgan fingerprint density at radius 3 is 2.82 bits per heavy atom. The number of rotatable bonds is 2. The number of hydrogen-bond donors (Lipinski definition) is 1. The Kier molecular flexibility index (Phi) is 2.77. The summed E-state index contributed by atoms with van der Waals surface area (Å²) in [5.74, 6) is 2.70. The van der Waals surface area contributed by atoms with Gasteiger partial charge in [-0.3, -0.25) is 5.32 Å². The molecule has 1 amide bonds. The van der Waals surface area contributed by atoms with Crippen LogP contribution in [0.3, 0.4) is 0 Å². The molecule has 22 heavy (non-hydrogen) atoms. The van der Waals surface area contributed by atoms with Gasteiger partial charge in [0.2, 0.25) is 0 Å². The molecule has 4 nitrogen and oxygen atoms in total. The third-order valence-corrected chi connectivity index (χ3v) is 6.28. The quantitative estimate of drug-likeness (QED) is 0.846. The smallest absolute Gasteiger partial charge is 0.411 e. The molecule has 0 spiro atoms. The van der Waals surface area contributed by atoms with E-state index in [-0.39, 0.29) is 12.2 Å². The second kappa shape index (κ2) is 4.62. The molecule has 1 aromatic carbocycles. The van der Waals surface area contributed by atoms with Crippen molar-refractivity contribution in [3.8, 4) is 0 Å². The van der Waals surface area contributed by atoms with Crippen molar-refractivity contribution in [2.75, 3.05) is 5.32 Å². The van der Waals surface area contributed by atoms with Crippen LogP contribution < -0.4 is 5.32 Å². The molecule has 1 saturated heterocycles. The van der Waals surface area contributed by atoms with Crippen molar-refractivity contribution in [3.63, 3.8) is 0 Å². The number of epoxide rings is 1. The van der Waals surface area contributed by atoms with Crippen LogP contribution in [0.25, 0.3) is 0 Å². The van der Waals surface area contributed by atoms with Crippen LogP contribution in [0, 0.1) is 23.7 Å². The highest BCUT2D eigenvalue weighted by molar-refractivity contribution is 6.30. The molecule has 1 aromatic rings. The first kappa shape index (κ1) is 13.2. The van der Waals surface area contributed by atoms with Gasteiger partial charge >= 0.3 is 6.09 Å². The normalized spacial score (nSPS) is 43.6. The highest BCUT2D eigenvalue weighted by Crippen LogP contribution is 2.64. The first-order valence-corrected chi connectivity index (χ1v) is 8.45. The molecule has 0 unspecified atom stereocenters. The van der Waals surface area contributed by atoms with Crippen LogP contribution in [0.15, 0.2) is 24.3 Å². The van der Waals surface area contributed by atoms with Crippen LogP contribution in [0.1, 0.15) is 19.3 Å². The molecule has 0 aromatic heterocycles. The number of carbonyl (C=O) groups is 1. The summed E-state index contributed by atoms with van der Waals surface area (Å²) < 4.78 is 11.4. The predicted octanol–water partition coefficient (Wildman–Crippen LogP) is 3.70. The number of anilines is 1. The molecule has 4 aliphatic rings. The molecule has 1 heterocycles. The molecular weight excluding hydrogens is 302 g/mol. The standard InChI is InChI=1S/C17H18ClNO3/c18-9-1-3-10(4-2-9)19-17(20)22-13-6-8-5-11(13)12-7-14-16(21-14)15(8)12/h1-4,8,11-16H,5-7H2,(H,19,20)/t8-,11+,12+,13-,14+,15+,16-/m0/s1. The second-order valence-corrected chi connectivity index (χ2v) is 7.52. The number of halogens is 1. The van der Waals surface area contributed by atoms with E-state index in [0.717, 1.165) is 18.3 Å². The van der Waals surface area contributed by atoms with Gasteiger partial charge in [-0.2, -0.15) is 0 Å². The van der Waals surface area contributed by atoms with Gasteiger partial charge in [0, 0.05) is 10.7 Å². The summed E-state index contributed by atoms with van der Waals surface area (Å²) in [5.41, 5.74) is 0.714. The predicted molar refractivity (Wildman–Crippen MR) is 81.8 cm³/mol. The van der Waals surface area contributed by atoms with E-state index in [9.17, 15) is 4.79 Å². The maximum atomic E-state index is 12.1. The minimum absolute atomic E-state index is 0.0797. The number of carbonyl (C=O) groups excluding carboxylic acids is 1. The Morgan fingerprint density at radius 2 is 2.00 bits per heavy atom. The number of hydrogen-bond acceptors (Lipinski definition) is 3. The molecule has 116 valence electrons. The van der Waals surface area contributed by atoms with Gasteiger partial charge in [0.05, 0.1) is 12.2 Å². The highest BCUT2D eigenvalue weighted by Gasteiger charge is 2.67. The summed E-state index contributed by atoms with van der Waals surface area (Å²) in [6.07, 6.45) is 4.17. The Balaban J connectivity index is 1.22. The summed E-state index contributed by atoms with van der Waals surface area (Å²) in [4.78, 5) is 12.1. The number of ether oxygens (including phenoxy) is 2. The van der Waals surface area contributed by atoms with Gasteiger partial charge in [0.1, 0.15) is 6.10 Å². The van der Waals surface area contributed by atoms with Gasteiger partial charge in [-0.15, -0.1) is 0 Å². The molecule has 5 heteroatoms. The van der Waals surface area contributed by atoms with Crippen molar-refractivity contribution in [3.05, 3.63) is 29.3 Å². The maximum absolute atomic E-state index is 12.1. The lowest BCUT2D eigenvalue weighted by atomic mass is 9.79. The van der Waals surface area contributed by atoms with Crippen molar-refractivity contribution < 1.29 is 14.3 Å².